The third-order valence-corrected chi connectivity index (χ3v) is 15.6. The van der Waals surface area contributed by atoms with Gasteiger partial charge in [0.05, 0.1) is 0 Å². The summed E-state index contributed by atoms with van der Waals surface area (Å²) in [6, 6.07) is -2.11. The molecule has 0 aliphatic carbocycles. The van der Waals surface area contributed by atoms with Crippen molar-refractivity contribution in [1.29, 1.82) is 0 Å². The van der Waals surface area contributed by atoms with Gasteiger partial charge in [-0.2, -0.15) is 44.3 Å². The number of hydrogen-bond donors (Lipinski definition) is 0. The Morgan fingerprint density at radius 3 is 1.69 bits per heavy atom. The Balaban J connectivity index is 4.12. The van der Waals surface area contributed by atoms with Gasteiger partial charge in [-0.25, -0.2) is 0 Å². The summed E-state index contributed by atoms with van der Waals surface area (Å²) in [5.41, 5.74) is 0. The van der Waals surface area contributed by atoms with Gasteiger partial charge in [0.25, 0.3) is 0 Å². The van der Waals surface area contributed by atoms with Crippen molar-refractivity contribution in [2.75, 3.05) is 0 Å². The molecule has 10 heteroatoms. The molecule has 0 saturated carbocycles. The lowest BCUT2D eigenvalue weighted by atomic mass is 10.6. The maximum Gasteiger partial charge on any atom is 0.343 e. The highest BCUT2D eigenvalue weighted by Gasteiger charge is 2.41. The van der Waals surface area contributed by atoms with Crippen LogP contribution in [0.2, 0.25) is 11.2 Å². The van der Waals surface area contributed by atoms with Crippen molar-refractivity contribution in [3.63, 3.8) is 0 Å². The lowest BCUT2D eigenvalue weighted by Gasteiger charge is -2.21. The molecule has 1 atom stereocenters. The Bertz CT molecular complexity index is 144. The van der Waals surface area contributed by atoms with Gasteiger partial charge in [-0.3, -0.25) is 0 Å². The molecule has 0 nitrogen and oxygen atoms in total. The Morgan fingerprint density at radius 2 is 1.46 bits per heavy atom. The van der Waals surface area contributed by atoms with Crippen molar-refractivity contribution in [1.82, 2.24) is 0 Å². The van der Waals surface area contributed by atoms with E-state index in [1.807, 2.05) is 0 Å². The molecular formula is C3H7Cl7Si3. The molecule has 0 saturated heterocycles. The second kappa shape index (κ2) is 7.09. The first-order chi connectivity index (χ1) is 5.75. The summed E-state index contributed by atoms with van der Waals surface area (Å²) in [4.78, 5) is 0. The second-order valence-corrected chi connectivity index (χ2v) is 22.2. The number of halogens is 7. The van der Waals surface area contributed by atoms with Crippen LogP contribution in [0.1, 0.15) is 6.42 Å². The fourth-order valence-corrected chi connectivity index (χ4v) is 16.9. The van der Waals surface area contributed by atoms with E-state index in [4.69, 9.17) is 77.6 Å². The predicted octanol–water partition coefficient (Wildman–Crippen LogP) is 4.34. The van der Waals surface area contributed by atoms with Gasteiger partial charge >= 0.3 is 6.00 Å². The zero-order valence-corrected chi connectivity index (χ0v) is 14.9. The third kappa shape index (κ3) is 7.55. The third-order valence-electron chi connectivity index (χ3n) is 1.42. The average Bonchev–Trinajstić information content (AvgIpc) is 1.81. The molecule has 0 rings (SSSR count). The van der Waals surface area contributed by atoms with Crippen LogP contribution < -0.4 is 0 Å². The smallest absolute Gasteiger partial charge is 0.150 e. The first-order valence-corrected chi connectivity index (χ1v) is 17.0. The average molecular weight is 376 g/mol. The molecular weight excluding hydrogens is 368 g/mol. The van der Waals surface area contributed by atoms with Gasteiger partial charge < -0.3 is 0 Å². The summed E-state index contributed by atoms with van der Waals surface area (Å²) in [5.74, 6) is 0. The summed E-state index contributed by atoms with van der Waals surface area (Å²) in [6.07, 6.45) is 0.649. The van der Waals surface area contributed by atoms with Crippen molar-refractivity contribution in [2.24, 2.45) is 0 Å². The van der Waals surface area contributed by atoms with E-state index in [0.29, 0.717) is 12.5 Å². The molecule has 0 aromatic heterocycles. The van der Waals surface area contributed by atoms with Crippen LogP contribution in [-0.2, 0) is 0 Å². The van der Waals surface area contributed by atoms with Crippen molar-refractivity contribution in [3.8, 4) is 0 Å². The van der Waals surface area contributed by atoms with Crippen LogP contribution in [0.4, 0.5) is 0 Å². The van der Waals surface area contributed by atoms with E-state index in [0.717, 1.165) is 0 Å². The molecule has 0 heterocycles. The normalized spacial score (nSPS) is 15.5. The molecule has 0 bridgehead atoms. The minimum atomic E-state index is -2.80. The highest BCUT2D eigenvalue weighted by Crippen LogP contribution is 2.41. The van der Waals surface area contributed by atoms with Gasteiger partial charge in [0.15, 0.2) is 0 Å². The molecule has 13 heavy (non-hydrogen) atoms. The van der Waals surface area contributed by atoms with Gasteiger partial charge in [-0.05, 0) is 6.04 Å². The summed E-state index contributed by atoms with van der Waals surface area (Å²) >= 11 is 40.6. The minimum absolute atomic E-state index is 0.159. The van der Waals surface area contributed by atoms with Crippen LogP contribution in [0.5, 0.6) is 0 Å². The summed E-state index contributed by atoms with van der Waals surface area (Å²) in [5, 5.41) is -0.159. The van der Waals surface area contributed by atoms with Gasteiger partial charge in [0, 0.05) is 5.16 Å². The minimum Gasteiger partial charge on any atom is -0.150 e. The van der Waals surface area contributed by atoms with E-state index in [1.54, 1.807) is 0 Å². The van der Waals surface area contributed by atoms with Crippen LogP contribution in [0, 0.1) is 0 Å². The topological polar surface area (TPSA) is 0 Å². The summed E-state index contributed by atoms with van der Waals surface area (Å²) in [6.45, 7) is 0. The maximum absolute atomic E-state index is 5.84. The van der Waals surface area contributed by atoms with Crippen molar-refractivity contribution in [3.05, 3.63) is 0 Å². The molecule has 0 aromatic rings. The van der Waals surface area contributed by atoms with Gasteiger partial charge in [0.1, 0.15) is 0 Å². The van der Waals surface area contributed by atoms with E-state index < -0.39 is 20.8 Å². The molecule has 0 N–H and O–H groups in total. The van der Waals surface area contributed by atoms with E-state index in [2.05, 4.69) is 0 Å². The predicted molar refractivity (Wildman–Crippen MR) is 74.2 cm³/mol. The molecule has 0 amide bonds. The van der Waals surface area contributed by atoms with Gasteiger partial charge in [0.2, 0.25) is 14.8 Å². The molecule has 0 aromatic carbocycles. The molecule has 0 aliphatic heterocycles. The molecule has 80 valence electrons. The van der Waals surface area contributed by atoms with E-state index in [-0.39, 0.29) is 5.16 Å². The fourth-order valence-electron chi connectivity index (χ4n) is 0.738. The SMILES string of the molecule is Cl[SiH](Cl)CCC([SiH](Cl)Cl)[Si](Cl)(Cl)Cl. The molecule has 0 radical (unpaired) electrons. The zero-order chi connectivity index (χ0) is 10.6. The Kier molecular flexibility index (Phi) is 8.56. The van der Waals surface area contributed by atoms with Crippen LogP contribution in [-0.4, -0.2) is 20.8 Å². The Morgan fingerprint density at radius 1 is 1.00 bits per heavy atom. The van der Waals surface area contributed by atoms with Crippen LogP contribution in [0.15, 0.2) is 0 Å². The molecule has 0 spiro atoms. The van der Waals surface area contributed by atoms with Crippen molar-refractivity contribution >= 4 is 98.4 Å². The van der Waals surface area contributed by atoms with Crippen LogP contribution in [0.3, 0.4) is 0 Å². The van der Waals surface area contributed by atoms with Crippen LogP contribution >= 0.6 is 77.6 Å². The van der Waals surface area contributed by atoms with Gasteiger partial charge in [-0.1, -0.05) is 6.42 Å². The quantitative estimate of drug-likeness (QED) is 0.495. The standard InChI is InChI=1S/C3H7Cl7Si3/c4-11(5)2-1-3(12(6)7)13(8,9)10/h3,11-12H,1-2H2. The fraction of sp³-hybridized carbons (Fsp3) is 1.00. The van der Waals surface area contributed by atoms with E-state index in [9.17, 15) is 0 Å². The van der Waals surface area contributed by atoms with E-state index in [1.165, 1.54) is 0 Å². The highest BCUT2D eigenvalue weighted by atomic mass is 35.8. The summed E-state index contributed by atoms with van der Waals surface area (Å²) < 4.78 is 0. The Labute approximate surface area is 115 Å². The lowest BCUT2D eigenvalue weighted by molar-refractivity contribution is 1.00. The molecule has 1 unspecified atom stereocenters. The molecule has 0 aliphatic rings. The first-order valence-electron chi connectivity index (χ1n) is 3.38. The van der Waals surface area contributed by atoms with Crippen molar-refractivity contribution < 1.29 is 0 Å². The maximum atomic E-state index is 5.84. The van der Waals surface area contributed by atoms with Crippen molar-refractivity contribution in [2.45, 2.75) is 17.6 Å². The lowest BCUT2D eigenvalue weighted by Crippen LogP contribution is -2.28. The van der Waals surface area contributed by atoms with E-state index >= 15 is 0 Å². The Hall–Kier alpha value is 2.68. The number of rotatable bonds is 5. The first kappa shape index (κ1) is 15.7. The monoisotopic (exact) mass is 372 g/mol. The second-order valence-electron chi connectivity index (χ2n) is 2.45. The number of hydrogen-bond acceptors (Lipinski definition) is 0. The molecule has 0 fully saturated rings. The van der Waals surface area contributed by atoms with Gasteiger partial charge in [-0.15, -0.1) is 33.2 Å². The zero-order valence-electron chi connectivity index (χ0n) is 6.29. The summed E-state index contributed by atoms with van der Waals surface area (Å²) in [7, 11) is -3.60. The van der Waals surface area contributed by atoms with Crippen LogP contribution in [0.25, 0.3) is 0 Å². The largest absolute Gasteiger partial charge is 0.343 e. The highest BCUT2D eigenvalue weighted by molar-refractivity contribution is 7.68.